The van der Waals surface area contributed by atoms with Gasteiger partial charge in [0, 0.05) is 5.02 Å². The van der Waals surface area contributed by atoms with Gasteiger partial charge in [-0.2, -0.15) is 18.3 Å². The number of aromatic nitrogens is 2. The number of hydrogen-bond donors (Lipinski definition) is 3. The largest absolute Gasteiger partial charge is 0.418 e. The molecule has 1 aromatic carbocycles. The van der Waals surface area contributed by atoms with Crippen LogP contribution in [0, 0.1) is 0 Å². The van der Waals surface area contributed by atoms with Crippen molar-refractivity contribution in [2.24, 2.45) is 0 Å². The van der Waals surface area contributed by atoms with Crippen LogP contribution in [-0.4, -0.2) is 16.1 Å². The summed E-state index contributed by atoms with van der Waals surface area (Å²) in [7, 11) is 0. The summed E-state index contributed by atoms with van der Waals surface area (Å²) in [5.74, 6) is -0.839. The third-order valence-electron chi connectivity index (χ3n) is 2.45. The molecule has 0 aliphatic carbocycles. The van der Waals surface area contributed by atoms with Crippen LogP contribution in [0.15, 0.2) is 24.4 Å². The van der Waals surface area contributed by atoms with Crippen molar-refractivity contribution in [2.75, 3.05) is 11.1 Å². The maximum absolute atomic E-state index is 12.8. The van der Waals surface area contributed by atoms with Gasteiger partial charge in [0.1, 0.15) is 11.4 Å². The van der Waals surface area contributed by atoms with Crippen molar-refractivity contribution in [3.05, 3.63) is 40.5 Å². The minimum absolute atomic E-state index is 0.0370. The molecule has 0 aliphatic heterocycles. The number of carbonyl (C=O) groups is 1. The standard InChI is InChI=1S/C11H8ClF3N4O/c12-5-1-2-8(7(3-5)11(13,14)15)18-10(20)6-4-17-19-9(6)16/h1-4H,(H,18,20)(H3,16,17,19). The molecule has 2 aromatic rings. The Labute approximate surface area is 115 Å². The smallest absolute Gasteiger partial charge is 0.383 e. The quantitative estimate of drug-likeness (QED) is 0.797. The molecule has 0 radical (unpaired) electrons. The van der Waals surface area contributed by atoms with Gasteiger partial charge in [-0.15, -0.1) is 0 Å². The third-order valence-corrected chi connectivity index (χ3v) is 2.68. The van der Waals surface area contributed by atoms with Crippen LogP contribution in [0.5, 0.6) is 0 Å². The van der Waals surface area contributed by atoms with E-state index in [0.29, 0.717) is 0 Å². The number of carbonyl (C=O) groups excluding carboxylic acids is 1. The molecule has 0 unspecified atom stereocenters. The molecule has 0 atom stereocenters. The average Bonchev–Trinajstić information content (AvgIpc) is 2.76. The zero-order valence-electron chi connectivity index (χ0n) is 9.75. The molecule has 20 heavy (non-hydrogen) atoms. The molecule has 1 aromatic heterocycles. The Balaban J connectivity index is 2.35. The van der Waals surface area contributed by atoms with Gasteiger partial charge in [0.05, 0.1) is 17.4 Å². The minimum Gasteiger partial charge on any atom is -0.383 e. The normalized spacial score (nSPS) is 11.4. The predicted molar refractivity (Wildman–Crippen MR) is 67.4 cm³/mol. The number of halogens is 4. The molecule has 0 saturated heterocycles. The molecule has 5 nitrogen and oxygen atoms in total. The maximum Gasteiger partial charge on any atom is 0.418 e. The van der Waals surface area contributed by atoms with Gasteiger partial charge in [-0.3, -0.25) is 9.89 Å². The van der Waals surface area contributed by atoms with Gasteiger partial charge in [-0.05, 0) is 18.2 Å². The van der Waals surface area contributed by atoms with E-state index in [-0.39, 0.29) is 16.4 Å². The van der Waals surface area contributed by atoms with Crippen LogP contribution in [0.1, 0.15) is 15.9 Å². The lowest BCUT2D eigenvalue weighted by Crippen LogP contribution is -2.17. The van der Waals surface area contributed by atoms with E-state index in [4.69, 9.17) is 17.3 Å². The number of nitrogen functional groups attached to an aromatic ring is 1. The number of rotatable bonds is 2. The molecule has 0 saturated carbocycles. The van der Waals surface area contributed by atoms with Gasteiger partial charge in [-0.25, -0.2) is 0 Å². The highest BCUT2D eigenvalue weighted by molar-refractivity contribution is 6.30. The lowest BCUT2D eigenvalue weighted by atomic mass is 10.1. The van der Waals surface area contributed by atoms with Crippen molar-refractivity contribution in [3.8, 4) is 0 Å². The summed E-state index contributed by atoms with van der Waals surface area (Å²) in [6.45, 7) is 0. The summed E-state index contributed by atoms with van der Waals surface area (Å²) < 4.78 is 38.5. The molecule has 1 heterocycles. The van der Waals surface area contributed by atoms with Crippen molar-refractivity contribution < 1.29 is 18.0 Å². The highest BCUT2D eigenvalue weighted by Gasteiger charge is 2.34. The number of hydrogen-bond acceptors (Lipinski definition) is 3. The van der Waals surface area contributed by atoms with E-state index in [9.17, 15) is 18.0 Å². The van der Waals surface area contributed by atoms with Crippen LogP contribution in [0.3, 0.4) is 0 Å². The van der Waals surface area contributed by atoms with Crippen LogP contribution in [0.4, 0.5) is 24.7 Å². The zero-order valence-corrected chi connectivity index (χ0v) is 10.5. The Bertz CT molecular complexity index is 653. The lowest BCUT2D eigenvalue weighted by molar-refractivity contribution is -0.136. The van der Waals surface area contributed by atoms with E-state index in [0.717, 1.165) is 18.3 Å². The van der Waals surface area contributed by atoms with Crippen LogP contribution in [-0.2, 0) is 6.18 Å². The molecule has 0 fully saturated rings. The number of nitrogens with zero attached hydrogens (tertiary/aromatic N) is 1. The van der Waals surface area contributed by atoms with Crippen molar-refractivity contribution in [2.45, 2.75) is 6.18 Å². The molecule has 9 heteroatoms. The van der Waals surface area contributed by atoms with Gasteiger partial charge in [0.2, 0.25) is 0 Å². The minimum atomic E-state index is -4.64. The maximum atomic E-state index is 12.8. The fourth-order valence-electron chi connectivity index (χ4n) is 1.53. The Morgan fingerprint density at radius 3 is 2.65 bits per heavy atom. The van der Waals surface area contributed by atoms with Crippen LogP contribution in [0.25, 0.3) is 0 Å². The first-order valence-electron chi connectivity index (χ1n) is 5.26. The fraction of sp³-hybridized carbons (Fsp3) is 0.0909. The fourth-order valence-corrected chi connectivity index (χ4v) is 1.70. The summed E-state index contributed by atoms with van der Waals surface area (Å²) in [5, 5.41) is 7.87. The monoisotopic (exact) mass is 304 g/mol. The van der Waals surface area contributed by atoms with Gasteiger partial charge in [-0.1, -0.05) is 11.6 Å². The number of aromatic amines is 1. The second-order valence-electron chi connectivity index (χ2n) is 3.84. The van der Waals surface area contributed by atoms with Gasteiger partial charge in [0.15, 0.2) is 0 Å². The van der Waals surface area contributed by atoms with Gasteiger partial charge in [0.25, 0.3) is 5.91 Å². The van der Waals surface area contributed by atoms with E-state index in [1.165, 1.54) is 6.07 Å². The van der Waals surface area contributed by atoms with Crippen molar-refractivity contribution in [3.63, 3.8) is 0 Å². The summed E-state index contributed by atoms with van der Waals surface area (Å²) in [4.78, 5) is 11.8. The Morgan fingerprint density at radius 1 is 1.40 bits per heavy atom. The van der Waals surface area contributed by atoms with E-state index < -0.39 is 23.3 Å². The van der Waals surface area contributed by atoms with Crippen molar-refractivity contribution >= 4 is 29.0 Å². The molecule has 4 N–H and O–H groups in total. The predicted octanol–water partition coefficient (Wildman–Crippen LogP) is 2.92. The molecule has 0 spiro atoms. The number of amides is 1. The first-order chi connectivity index (χ1) is 9.29. The Hall–Kier alpha value is -2.22. The number of alkyl halides is 3. The molecular weight excluding hydrogens is 297 g/mol. The van der Waals surface area contributed by atoms with Crippen LogP contribution >= 0.6 is 11.6 Å². The molecule has 106 valence electrons. The molecular formula is C11H8ClF3N4O. The van der Waals surface area contributed by atoms with E-state index in [2.05, 4.69) is 15.5 Å². The SMILES string of the molecule is Nc1[nH]ncc1C(=O)Nc1ccc(Cl)cc1C(F)(F)F. The van der Waals surface area contributed by atoms with Crippen molar-refractivity contribution in [1.82, 2.24) is 10.2 Å². The Kier molecular flexibility index (Phi) is 3.58. The summed E-state index contributed by atoms with van der Waals surface area (Å²) in [6.07, 6.45) is -3.52. The average molecular weight is 305 g/mol. The first-order valence-corrected chi connectivity index (χ1v) is 5.64. The summed E-state index contributed by atoms with van der Waals surface area (Å²) >= 11 is 5.54. The Morgan fingerprint density at radius 2 is 2.10 bits per heavy atom. The first kappa shape index (κ1) is 14.2. The zero-order chi connectivity index (χ0) is 14.9. The topological polar surface area (TPSA) is 83.8 Å². The highest BCUT2D eigenvalue weighted by Crippen LogP contribution is 2.36. The number of benzene rings is 1. The molecule has 2 rings (SSSR count). The number of nitrogens with one attached hydrogen (secondary N) is 2. The van der Waals surface area contributed by atoms with Gasteiger partial charge >= 0.3 is 6.18 Å². The van der Waals surface area contributed by atoms with E-state index >= 15 is 0 Å². The highest BCUT2D eigenvalue weighted by atomic mass is 35.5. The van der Waals surface area contributed by atoms with Crippen LogP contribution < -0.4 is 11.1 Å². The summed E-state index contributed by atoms with van der Waals surface area (Å²) in [6, 6.07) is 3.04. The third kappa shape index (κ3) is 2.85. The van der Waals surface area contributed by atoms with Crippen molar-refractivity contribution in [1.29, 1.82) is 0 Å². The molecule has 1 amide bonds. The van der Waals surface area contributed by atoms with Gasteiger partial charge < -0.3 is 11.1 Å². The lowest BCUT2D eigenvalue weighted by Gasteiger charge is -2.13. The second kappa shape index (κ2) is 5.04. The number of anilines is 2. The van der Waals surface area contributed by atoms with Crippen LogP contribution in [0.2, 0.25) is 5.02 Å². The van der Waals surface area contributed by atoms with E-state index in [1.54, 1.807) is 0 Å². The second-order valence-corrected chi connectivity index (χ2v) is 4.28. The molecule has 0 bridgehead atoms. The number of nitrogens with two attached hydrogens (primary N) is 1. The van der Waals surface area contributed by atoms with E-state index in [1.807, 2.05) is 0 Å². The summed E-state index contributed by atoms with van der Waals surface area (Å²) in [5.41, 5.74) is 3.92. The molecule has 0 aliphatic rings. The number of H-pyrrole nitrogens is 1.